The molecule has 0 aliphatic heterocycles. The topological polar surface area (TPSA) is 51.2 Å². The Kier molecular flexibility index (Phi) is 4.14. The molecule has 1 rings (SSSR count). The van der Waals surface area contributed by atoms with Crippen molar-refractivity contribution in [3.05, 3.63) is 21.9 Å². The molecule has 0 fully saturated rings. The maximum Gasteiger partial charge on any atom is 0.412 e. The molecule has 0 aliphatic carbocycles. The highest BCUT2D eigenvalue weighted by Gasteiger charge is 2.18. The van der Waals surface area contributed by atoms with E-state index in [2.05, 4.69) is 26.2 Å². The second-order valence-corrected chi connectivity index (χ2v) is 5.61. The Morgan fingerprint density at radius 1 is 1.41 bits per heavy atom. The van der Waals surface area contributed by atoms with E-state index in [1.165, 1.54) is 0 Å². The van der Waals surface area contributed by atoms with E-state index in [9.17, 15) is 4.79 Å². The molecule has 0 atom stereocenters. The van der Waals surface area contributed by atoms with Gasteiger partial charge in [-0.05, 0) is 61.7 Å². The Labute approximate surface area is 110 Å². The van der Waals surface area contributed by atoms with Crippen LogP contribution in [0, 0.1) is 13.8 Å². The van der Waals surface area contributed by atoms with Gasteiger partial charge in [-0.2, -0.15) is 0 Å². The average molecular weight is 301 g/mol. The largest absolute Gasteiger partial charge is 0.444 e. The van der Waals surface area contributed by atoms with E-state index < -0.39 is 11.7 Å². The summed E-state index contributed by atoms with van der Waals surface area (Å²) < 4.78 is 5.80. The molecule has 5 heteroatoms. The molecule has 0 saturated carbocycles. The molecule has 0 saturated heterocycles. The molecule has 1 heterocycles. The number of aromatic nitrogens is 1. The van der Waals surface area contributed by atoms with Crippen molar-refractivity contribution in [3.8, 4) is 0 Å². The minimum Gasteiger partial charge on any atom is -0.444 e. The van der Waals surface area contributed by atoms with Crippen LogP contribution in [0.4, 0.5) is 10.5 Å². The van der Waals surface area contributed by atoms with Crippen LogP contribution >= 0.6 is 15.9 Å². The maximum atomic E-state index is 11.7. The molecule has 0 bridgehead atoms. The fourth-order valence-electron chi connectivity index (χ4n) is 1.22. The summed E-state index contributed by atoms with van der Waals surface area (Å²) in [5, 5.41) is 2.71. The first kappa shape index (κ1) is 14.0. The second kappa shape index (κ2) is 5.04. The Hall–Kier alpha value is -1.10. The summed E-state index contributed by atoms with van der Waals surface area (Å²) in [7, 11) is 0. The third kappa shape index (κ3) is 4.00. The van der Waals surface area contributed by atoms with Crippen LogP contribution in [-0.2, 0) is 4.74 Å². The molecule has 17 heavy (non-hydrogen) atoms. The van der Waals surface area contributed by atoms with E-state index in [0.717, 1.165) is 11.1 Å². The molecule has 0 unspecified atom stereocenters. The van der Waals surface area contributed by atoms with Gasteiger partial charge in [-0.1, -0.05) is 0 Å². The molecule has 1 aromatic rings. The van der Waals surface area contributed by atoms with Crippen LogP contribution in [0.5, 0.6) is 0 Å². The van der Waals surface area contributed by atoms with Crippen molar-refractivity contribution in [2.45, 2.75) is 40.2 Å². The zero-order chi connectivity index (χ0) is 13.2. The van der Waals surface area contributed by atoms with Crippen molar-refractivity contribution >= 4 is 27.7 Å². The van der Waals surface area contributed by atoms with Crippen LogP contribution in [0.1, 0.15) is 31.9 Å². The number of carbonyl (C=O) groups excluding carboxylic acids is 1. The van der Waals surface area contributed by atoms with E-state index in [4.69, 9.17) is 4.74 Å². The smallest absolute Gasteiger partial charge is 0.412 e. The highest BCUT2D eigenvalue weighted by molar-refractivity contribution is 9.10. The van der Waals surface area contributed by atoms with Crippen molar-refractivity contribution < 1.29 is 9.53 Å². The highest BCUT2D eigenvalue weighted by atomic mass is 79.9. The number of nitrogens with one attached hydrogen (secondary N) is 1. The predicted octanol–water partition coefficient (Wildman–Crippen LogP) is 3.81. The van der Waals surface area contributed by atoms with Crippen molar-refractivity contribution in [1.29, 1.82) is 0 Å². The van der Waals surface area contributed by atoms with E-state index in [1.807, 2.05) is 34.6 Å². The fourth-order valence-corrected chi connectivity index (χ4v) is 1.72. The van der Waals surface area contributed by atoms with Crippen LogP contribution in [0.15, 0.2) is 10.8 Å². The number of hydrogen-bond acceptors (Lipinski definition) is 3. The van der Waals surface area contributed by atoms with Crippen LogP contribution < -0.4 is 5.32 Å². The second-order valence-electron chi connectivity index (χ2n) is 4.86. The van der Waals surface area contributed by atoms with Gasteiger partial charge in [-0.25, -0.2) is 9.78 Å². The first-order chi connectivity index (χ1) is 7.70. The average Bonchev–Trinajstić information content (AvgIpc) is 2.16. The van der Waals surface area contributed by atoms with Gasteiger partial charge in [0.1, 0.15) is 10.2 Å². The minimum absolute atomic E-state index is 0.478. The SMILES string of the molecule is Cc1cnc(Br)c(NC(=O)OC(C)(C)C)c1C. The lowest BCUT2D eigenvalue weighted by molar-refractivity contribution is 0.0635. The summed E-state index contributed by atoms with van der Waals surface area (Å²) >= 11 is 3.31. The molecular formula is C12H17BrN2O2. The number of anilines is 1. The zero-order valence-corrected chi connectivity index (χ0v) is 12.3. The number of ether oxygens (including phenoxy) is 1. The summed E-state index contributed by atoms with van der Waals surface area (Å²) in [6.07, 6.45) is 1.27. The molecular weight excluding hydrogens is 284 g/mol. The molecule has 0 aliphatic rings. The van der Waals surface area contributed by atoms with Gasteiger partial charge in [0.25, 0.3) is 0 Å². The molecule has 1 amide bonds. The van der Waals surface area contributed by atoms with Gasteiger partial charge in [0, 0.05) is 6.20 Å². The molecule has 0 spiro atoms. The lowest BCUT2D eigenvalue weighted by atomic mass is 10.1. The molecule has 1 N–H and O–H groups in total. The molecule has 0 aromatic carbocycles. The third-order valence-electron chi connectivity index (χ3n) is 2.17. The number of nitrogens with zero attached hydrogens (tertiary/aromatic N) is 1. The number of aryl methyl sites for hydroxylation is 1. The Bertz CT molecular complexity index is 439. The zero-order valence-electron chi connectivity index (χ0n) is 10.7. The highest BCUT2D eigenvalue weighted by Crippen LogP contribution is 2.26. The summed E-state index contributed by atoms with van der Waals surface area (Å²) in [5.41, 5.74) is 2.12. The summed E-state index contributed by atoms with van der Waals surface area (Å²) in [6, 6.07) is 0. The number of carbonyl (C=O) groups is 1. The molecule has 0 radical (unpaired) electrons. The fraction of sp³-hybridized carbons (Fsp3) is 0.500. The number of amides is 1. The summed E-state index contributed by atoms with van der Waals surface area (Å²) in [4.78, 5) is 15.8. The van der Waals surface area contributed by atoms with Gasteiger partial charge in [-0.15, -0.1) is 0 Å². The van der Waals surface area contributed by atoms with E-state index >= 15 is 0 Å². The van der Waals surface area contributed by atoms with Crippen molar-refractivity contribution in [2.24, 2.45) is 0 Å². The quantitative estimate of drug-likeness (QED) is 0.802. The molecule has 1 aromatic heterocycles. The van der Waals surface area contributed by atoms with Crippen molar-refractivity contribution in [2.75, 3.05) is 5.32 Å². The monoisotopic (exact) mass is 300 g/mol. The number of halogens is 1. The molecule has 4 nitrogen and oxygen atoms in total. The van der Waals surface area contributed by atoms with Crippen LogP contribution in [0.2, 0.25) is 0 Å². The Balaban J connectivity index is 2.89. The van der Waals surface area contributed by atoms with E-state index in [1.54, 1.807) is 6.20 Å². The van der Waals surface area contributed by atoms with Gasteiger partial charge in [0.05, 0.1) is 5.69 Å². The first-order valence-electron chi connectivity index (χ1n) is 5.32. The lowest BCUT2D eigenvalue weighted by Gasteiger charge is -2.20. The number of hydrogen-bond donors (Lipinski definition) is 1. The first-order valence-corrected chi connectivity index (χ1v) is 6.11. The van der Waals surface area contributed by atoms with Gasteiger partial charge in [-0.3, -0.25) is 5.32 Å². The Morgan fingerprint density at radius 2 is 2.00 bits per heavy atom. The number of rotatable bonds is 1. The maximum absolute atomic E-state index is 11.7. The lowest BCUT2D eigenvalue weighted by Crippen LogP contribution is -2.27. The van der Waals surface area contributed by atoms with Crippen molar-refractivity contribution in [3.63, 3.8) is 0 Å². The van der Waals surface area contributed by atoms with E-state index in [-0.39, 0.29) is 0 Å². The van der Waals surface area contributed by atoms with Crippen LogP contribution in [0.3, 0.4) is 0 Å². The van der Waals surface area contributed by atoms with Gasteiger partial charge in [0.2, 0.25) is 0 Å². The van der Waals surface area contributed by atoms with Gasteiger partial charge >= 0.3 is 6.09 Å². The Morgan fingerprint density at radius 3 is 2.53 bits per heavy atom. The molecule has 94 valence electrons. The van der Waals surface area contributed by atoms with Crippen LogP contribution in [-0.4, -0.2) is 16.7 Å². The normalized spacial score (nSPS) is 11.2. The minimum atomic E-state index is -0.512. The van der Waals surface area contributed by atoms with Crippen LogP contribution in [0.25, 0.3) is 0 Å². The van der Waals surface area contributed by atoms with Crippen molar-refractivity contribution in [1.82, 2.24) is 4.98 Å². The van der Waals surface area contributed by atoms with Gasteiger partial charge < -0.3 is 4.74 Å². The third-order valence-corrected chi connectivity index (χ3v) is 2.77. The number of pyridine rings is 1. The standard InChI is InChI=1S/C12H17BrN2O2/c1-7-6-14-10(13)9(8(7)2)15-11(16)17-12(3,4)5/h6H,1-5H3,(H,15,16). The predicted molar refractivity (Wildman–Crippen MR) is 71.3 cm³/mol. The summed E-state index contributed by atoms with van der Waals surface area (Å²) in [5.74, 6) is 0. The summed E-state index contributed by atoms with van der Waals surface area (Å²) in [6.45, 7) is 9.33. The van der Waals surface area contributed by atoms with E-state index in [0.29, 0.717) is 10.3 Å². The van der Waals surface area contributed by atoms with Gasteiger partial charge in [0.15, 0.2) is 0 Å².